The number of unbranched alkanes of at least 4 members (excludes halogenated alkanes) is 1. The van der Waals surface area contributed by atoms with Crippen LogP contribution in [-0.4, -0.2) is 118 Å². The Morgan fingerprint density at radius 1 is 0.868 bits per heavy atom. The van der Waals surface area contributed by atoms with Crippen molar-refractivity contribution in [1.29, 1.82) is 0 Å². The average molecular weight is 554 g/mol. The van der Waals surface area contributed by atoms with Crippen molar-refractivity contribution in [2.75, 3.05) is 64.2 Å². The number of benzene rings is 1. The molecular formula is C26H43N5O6S. The molecule has 0 heterocycles. The summed E-state index contributed by atoms with van der Waals surface area (Å²) >= 11 is 5.31. The Hall–Kier alpha value is -2.80. The molecule has 0 aliphatic carbocycles. The summed E-state index contributed by atoms with van der Waals surface area (Å²) in [5, 5.41) is 34.7. The number of aliphatic carboxylic acids is 3. The lowest BCUT2D eigenvalue weighted by Gasteiger charge is -2.31. The Bertz CT molecular complexity index is 885. The Kier molecular flexibility index (Phi) is 16.1. The van der Waals surface area contributed by atoms with Crippen LogP contribution < -0.4 is 10.6 Å². The highest BCUT2D eigenvalue weighted by Gasteiger charge is 2.20. The Balaban J connectivity index is 2.74. The lowest BCUT2D eigenvalue weighted by Crippen LogP contribution is -2.46. The van der Waals surface area contributed by atoms with E-state index in [2.05, 4.69) is 17.6 Å². The van der Waals surface area contributed by atoms with Gasteiger partial charge in [0, 0.05) is 44.5 Å². The Morgan fingerprint density at radius 3 is 1.97 bits per heavy atom. The van der Waals surface area contributed by atoms with Gasteiger partial charge in [-0.1, -0.05) is 32.4 Å². The van der Waals surface area contributed by atoms with Crippen molar-refractivity contribution >= 4 is 40.9 Å². The molecule has 0 saturated carbocycles. The molecule has 1 unspecified atom stereocenters. The summed E-state index contributed by atoms with van der Waals surface area (Å²) in [6.45, 7) is 8.27. The van der Waals surface area contributed by atoms with Gasteiger partial charge in [0.1, 0.15) is 0 Å². The molecule has 0 spiro atoms. The second kappa shape index (κ2) is 18.5. The van der Waals surface area contributed by atoms with E-state index in [-0.39, 0.29) is 25.7 Å². The van der Waals surface area contributed by atoms with E-state index in [1.807, 2.05) is 43.0 Å². The summed E-state index contributed by atoms with van der Waals surface area (Å²) < 4.78 is 0. The minimum atomic E-state index is -0.988. The lowest BCUT2D eigenvalue weighted by molar-refractivity contribution is -0.140. The van der Waals surface area contributed by atoms with Crippen LogP contribution in [0.2, 0.25) is 0 Å². The number of anilines is 1. The molecule has 1 aromatic carbocycles. The van der Waals surface area contributed by atoms with Crippen LogP contribution in [0, 0.1) is 0 Å². The molecule has 1 aromatic rings. The molecule has 214 valence electrons. The number of likely N-dealkylation sites (N-methyl/N-ethyl adjacent to an activating group) is 1. The van der Waals surface area contributed by atoms with E-state index in [1.165, 1.54) is 0 Å². The van der Waals surface area contributed by atoms with Crippen LogP contribution in [0.3, 0.4) is 0 Å². The van der Waals surface area contributed by atoms with Crippen molar-refractivity contribution < 1.29 is 29.7 Å². The van der Waals surface area contributed by atoms with E-state index >= 15 is 0 Å². The standard InChI is InChI=1S/C26H43N5O6S/c1-4-6-11-27-26(38)28-22-9-7-21(8-10-22)16-20(3)31(19-25(36)37)15-14-30(18-24(34)35)13-12-29(5-2)17-23(32)33/h7-10,20H,4-6,11-19H2,1-3H3,(H,32,33)(H,34,35)(H,36,37)(H2,27,28,38). The van der Waals surface area contributed by atoms with Gasteiger partial charge in [0.15, 0.2) is 5.11 Å². The molecule has 5 N–H and O–H groups in total. The van der Waals surface area contributed by atoms with Crippen LogP contribution >= 0.6 is 12.2 Å². The average Bonchev–Trinajstić information content (AvgIpc) is 2.84. The van der Waals surface area contributed by atoms with E-state index in [1.54, 1.807) is 9.80 Å². The predicted octanol–water partition coefficient (Wildman–Crippen LogP) is 1.88. The van der Waals surface area contributed by atoms with Crippen molar-refractivity contribution in [2.24, 2.45) is 0 Å². The van der Waals surface area contributed by atoms with Gasteiger partial charge in [-0.05, 0) is 56.2 Å². The molecule has 0 aromatic heterocycles. The van der Waals surface area contributed by atoms with Crippen molar-refractivity contribution in [3.63, 3.8) is 0 Å². The van der Waals surface area contributed by atoms with E-state index in [0.29, 0.717) is 44.3 Å². The number of nitrogens with zero attached hydrogens (tertiary/aromatic N) is 3. The smallest absolute Gasteiger partial charge is 0.317 e. The molecule has 1 atom stereocenters. The summed E-state index contributed by atoms with van der Waals surface area (Å²) in [4.78, 5) is 39.2. The zero-order valence-electron chi connectivity index (χ0n) is 22.7. The SMILES string of the molecule is CCCCNC(=S)Nc1ccc(CC(C)N(CCN(CCN(CC)CC(=O)O)CC(=O)O)CC(=O)O)cc1. The maximum absolute atomic E-state index is 11.5. The van der Waals surface area contributed by atoms with Gasteiger partial charge >= 0.3 is 17.9 Å². The third kappa shape index (κ3) is 14.8. The largest absolute Gasteiger partial charge is 0.480 e. The molecule has 1 rings (SSSR count). The minimum Gasteiger partial charge on any atom is -0.480 e. The molecule has 0 amide bonds. The van der Waals surface area contributed by atoms with Gasteiger partial charge in [0.25, 0.3) is 0 Å². The van der Waals surface area contributed by atoms with Gasteiger partial charge in [0.2, 0.25) is 0 Å². The van der Waals surface area contributed by atoms with Gasteiger partial charge in [-0.3, -0.25) is 29.1 Å². The van der Waals surface area contributed by atoms with E-state index in [9.17, 15) is 24.6 Å². The monoisotopic (exact) mass is 553 g/mol. The molecule has 0 radical (unpaired) electrons. The third-order valence-electron chi connectivity index (χ3n) is 6.12. The Labute approximate surface area is 230 Å². The van der Waals surface area contributed by atoms with Crippen LogP contribution in [0.15, 0.2) is 24.3 Å². The van der Waals surface area contributed by atoms with Crippen LogP contribution in [0.25, 0.3) is 0 Å². The predicted molar refractivity (Wildman–Crippen MR) is 152 cm³/mol. The van der Waals surface area contributed by atoms with Crippen LogP contribution in [0.4, 0.5) is 5.69 Å². The fraction of sp³-hybridized carbons (Fsp3) is 0.615. The first-order valence-electron chi connectivity index (χ1n) is 13.0. The summed E-state index contributed by atoms with van der Waals surface area (Å²) in [5.41, 5.74) is 1.91. The number of carboxylic acid groups (broad SMARTS) is 3. The quantitative estimate of drug-likeness (QED) is 0.119. The minimum absolute atomic E-state index is 0.104. The molecule has 38 heavy (non-hydrogen) atoms. The summed E-state index contributed by atoms with van der Waals surface area (Å²) in [6.07, 6.45) is 2.75. The topological polar surface area (TPSA) is 146 Å². The van der Waals surface area contributed by atoms with Crippen molar-refractivity contribution in [1.82, 2.24) is 20.0 Å². The summed E-state index contributed by atoms with van der Waals surface area (Å²) in [6, 6.07) is 7.72. The molecule has 0 aliphatic rings. The van der Waals surface area contributed by atoms with Crippen LogP contribution in [-0.2, 0) is 20.8 Å². The van der Waals surface area contributed by atoms with Gasteiger partial charge in [0.05, 0.1) is 19.6 Å². The zero-order valence-corrected chi connectivity index (χ0v) is 23.5. The van der Waals surface area contributed by atoms with E-state index in [0.717, 1.165) is 30.6 Å². The normalized spacial score (nSPS) is 12.1. The van der Waals surface area contributed by atoms with Gasteiger partial charge in [-0.15, -0.1) is 0 Å². The summed E-state index contributed by atoms with van der Waals surface area (Å²) in [5.74, 6) is -2.88. The van der Waals surface area contributed by atoms with E-state index < -0.39 is 17.9 Å². The highest BCUT2D eigenvalue weighted by Crippen LogP contribution is 2.14. The van der Waals surface area contributed by atoms with Crippen molar-refractivity contribution in [3.05, 3.63) is 29.8 Å². The maximum Gasteiger partial charge on any atom is 0.317 e. The number of carboxylic acids is 3. The second-order valence-electron chi connectivity index (χ2n) is 9.28. The van der Waals surface area contributed by atoms with Gasteiger partial charge < -0.3 is 26.0 Å². The first-order valence-corrected chi connectivity index (χ1v) is 13.4. The van der Waals surface area contributed by atoms with Gasteiger partial charge in [-0.2, -0.15) is 0 Å². The van der Waals surface area contributed by atoms with Crippen molar-refractivity contribution in [2.45, 2.75) is 46.1 Å². The fourth-order valence-electron chi connectivity index (χ4n) is 3.93. The highest BCUT2D eigenvalue weighted by molar-refractivity contribution is 7.80. The number of rotatable bonds is 20. The molecule has 0 bridgehead atoms. The number of hydrogen-bond donors (Lipinski definition) is 5. The van der Waals surface area contributed by atoms with E-state index in [4.69, 9.17) is 17.3 Å². The highest BCUT2D eigenvalue weighted by atomic mass is 32.1. The third-order valence-corrected chi connectivity index (χ3v) is 6.37. The molecule has 11 nitrogen and oxygen atoms in total. The molecule has 0 fully saturated rings. The number of hydrogen-bond acceptors (Lipinski definition) is 7. The first kappa shape index (κ1) is 33.2. The first-order chi connectivity index (χ1) is 18.0. The number of nitrogens with one attached hydrogen (secondary N) is 2. The summed E-state index contributed by atoms with van der Waals surface area (Å²) in [7, 11) is 0. The second-order valence-corrected chi connectivity index (χ2v) is 9.69. The zero-order chi connectivity index (χ0) is 28.5. The number of carbonyl (C=O) groups is 3. The number of thiocarbonyl (C=S) groups is 1. The maximum atomic E-state index is 11.5. The molecule has 12 heteroatoms. The van der Waals surface area contributed by atoms with Gasteiger partial charge in [-0.25, -0.2) is 0 Å². The molecule has 0 aliphatic heterocycles. The van der Waals surface area contributed by atoms with Crippen molar-refractivity contribution in [3.8, 4) is 0 Å². The Morgan fingerprint density at radius 2 is 1.42 bits per heavy atom. The fourth-order valence-corrected chi connectivity index (χ4v) is 4.15. The molecular weight excluding hydrogens is 510 g/mol. The van der Waals surface area contributed by atoms with Crippen LogP contribution in [0.5, 0.6) is 0 Å². The molecule has 0 saturated heterocycles. The lowest BCUT2D eigenvalue weighted by atomic mass is 10.1. The van der Waals surface area contributed by atoms with Crippen LogP contribution in [0.1, 0.15) is 39.2 Å².